The number of aliphatic hydroxyl groups excluding tert-OH is 4. The summed E-state index contributed by atoms with van der Waals surface area (Å²) in [5.41, 5.74) is 0. The molecule has 0 radical (unpaired) electrons. The Hall–Kier alpha value is -0.280. The molecule has 0 saturated carbocycles. The molecular formula is C12H22O7. The quantitative estimate of drug-likeness (QED) is 0.489. The van der Waals surface area contributed by atoms with Gasteiger partial charge in [0.15, 0.2) is 6.29 Å². The Morgan fingerprint density at radius 3 is 2.47 bits per heavy atom. The summed E-state index contributed by atoms with van der Waals surface area (Å²) in [4.78, 5) is 0. The lowest BCUT2D eigenvalue weighted by Gasteiger charge is -2.37. The summed E-state index contributed by atoms with van der Waals surface area (Å²) >= 11 is 0. The zero-order chi connectivity index (χ0) is 13.8. The minimum atomic E-state index is -0.772. The van der Waals surface area contributed by atoms with E-state index in [2.05, 4.69) is 0 Å². The van der Waals surface area contributed by atoms with Crippen LogP contribution in [-0.2, 0) is 14.2 Å². The largest absolute Gasteiger partial charge is 0.394 e. The molecule has 0 aliphatic carbocycles. The van der Waals surface area contributed by atoms with Gasteiger partial charge in [-0.05, 0) is 0 Å². The Morgan fingerprint density at radius 2 is 1.84 bits per heavy atom. The molecule has 19 heavy (non-hydrogen) atoms. The third-order valence-corrected chi connectivity index (χ3v) is 3.50. The number of rotatable bonds is 4. The van der Waals surface area contributed by atoms with E-state index in [1.807, 2.05) is 0 Å². The number of ether oxygens (including phenoxy) is 3. The van der Waals surface area contributed by atoms with Gasteiger partial charge in [-0.15, -0.1) is 0 Å². The molecule has 0 spiro atoms. The highest BCUT2D eigenvalue weighted by molar-refractivity contribution is 4.80. The summed E-state index contributed by atoms with van der Waals surface area (Å²) in [6, 6.07) is 0. The van der Waals surface area contributed by atoms with Crippen LogP contribution in [0.3, 0.4) is 0 Å². The van der Waals surface area contributed by atoms with Gasteiger partial charge in [0, 0.05) is 19.3 Å². The molecule has 2 fully saturated rings. The van der Waals surface area contributed by atoms with E-state index >= 15 is 0 Å². The van der Waals surface area contributed by atoms with Crippen LogP contribution in [0.25, 0.3) is 0 Å². The third-order valence-electron chi connectivity index (χ3n) is 3.50. The molecule has 2 rings (SSSR count). The van der Waals surface area contributed by atoms with Crippen LogP contribution >= 0.6 is 0 Å². The van der Waals surface area contributed by atoms with E-state index in [9.17, 15) is 10.2 Å². The maximum absolute atomic E-state index is 9.72. The van der Waals surface area contributed by atoms with Crippen molar-refractivity contribution in [2.75, 3.05) is 19.8 Å². The van der Waals surface area contributed by atoms with Crippen molar-refractivity contribution >= 4 is 0 Å². The van der Waals surface area contributed by atoms with E-state index in [0.29, 0.717) is 19.3 Å². The van der Waals surface area contributed by atoms with Crippen LogP contribution in [0.1, 0.15) is 19.3 Å². The zero-order valence-corrected chi connectivity index (χ0v) is 10.7. The first-order chi connectivity index (χ1) is 9.12. The van der Waals surface area contributed by atoms with Crippen LogP contribution in [0.15, 0.2) is 0 Å². The topological polar surface area (TPSA) is 109 Å². The molecule has 2 aliphatic rings. The number of hydrogen-bond donors (Lipinski definition) is 4. The Balaban J connectivity index is 1.81. The first-order valence-electron chi connectivity index (χ1n) is 6.62. The Morgan fingerprint density at radius 1 is 1.05 bits per heavy atom. The van der Waals surface area contributed by atoms with Gasteiger partial charge in [0.05, 0.1) is 44.2 Å². The van der Waals surface area contributed by atoms with Gasteiger partial charge in [-0.25, -0.2) is 0 Å². The first-order valence-corrected chi connectivity index (χ1v) is 6.62. The average Bonchev–Trinajstić information content (AvgIpc) is 2.38. The molecule has 0 bridgehead atoms. The fourth-order valence-electron chi connectivity index (χ4n) is 2.47. The molecule has 2 aliphatic heterocycles. The minimum absolute atomic E-state index is 0.159. The summed E-state index contributed by atoms with van der Waals surface area (Å²) < 4.78 is 16.4. The van der Waals surface area contributed by atoms with E-state index in [4.69, 9.17) is 24.4 Å². The van der Waals surface area contributed by atoms with Gasteiger partial charge in [-0.3, -0.25) is 0 Å². The van der Waals surface area contributed by atoms with E-state index < -0.39 is 30.7 Å². The van der Waals surface area contributed by atoms with Crippen LogP contribution in [0.4, 0.5) is 0 Å². The van der Waals surface area contributed by atoms with E-state index in [-0.39, 0.29) is 25.9 Å². The van der Waals surface area contributed by atoms with Crippen molar-refractivity contribution < 1.29 is 34.6 Å². The Kier molecular flexibility index (Phi) is 5.52. The van der Waals surface area contributed by atoms with Gasteiger partial charge in [-0.1, -0.05) is 0 Å². The molecular weight excluding hydrogens is 256 g/mol. The van der Waals surface area contributed by atoms with Gasteiger partial charge < -0.3 is 34.6 Å². The van der Waals surface area contributed by atoms with E-state index in [1.165, 1.54) is 0 Å². The summed E-state index contributed by atoms with van der Waals surface area (Å²) in [6.07, 6.45) is -2.18. The normalized spacial score (nSPS) is 44.2. The van der Waals surface area contributed by atoms with Crippen molar-refractivity contribution in [2.45, 2.75) is 56.1 Å². The van der Waals surface area contributed by atoms with Crippen molar-refractivity contribution in [2.24, 2.45) is 0 Å². The maximum atomic E-state index is 9.72. The molecule has 0 unspecified atom stereocenters. The highest BCUT2D eigenvalue weighted by Gasteiger charge is 2.34. The zero-order valence-electron chi connectivity index (χ0n) is 10.7. The van der Waals surface area contributed by atoms with E-state index in [0.717, 1.165) is 0 Å². The van der Waals surface area contributed by atoms with Crippen molar-refractivity contribution in [3.8, 4) is 0 Å². The number of aliphatic hydroxyl groups is 4. The lowest BCUT2D eigenvalue weighted by molar-refractivity contribution is -0.261. The molecule has 2 heterocycles. The van der Waals surface area contributed by atoms with Gasteiger partial charge >= 0.3 is 0 Å². The second-order valence-electron chi connectivity index (χ2n) is 5.11. The smallest absolute Gasteiger partial charge is 0.161 e. The van der Waals surface area contributed by atoms with Crippen LogP contribution in [0.5, 0.6) is 0 Å². The standard InChI is InChI=1S/C12H22O7/c13-4-8-1-7(15)2-12(18-8)19-9-3-10(16)11(5-14)17-6-9/h7-16H,1-6H2/t7-,8-,9-,10+,11-,12-/m1/s1. The molecule has 0 aromatic rings. The Labute approximate surface area is 111 Å². The fourth-order valence-corrected chi connectivity index (χ4v) is 2.47. The summed E-state index contributed by atoms with van der Waals surface area (Å²) in [5.74, 6) is 0. The average molecular weight is 278 g/mol. The first kappa shape index (κ1) is 15.1. The maximum Gasteiger partial charge on any atom is 0.161 e. The molecule has 0 aromatic heterocycles. The molecule has 6 atom stereocenters. The molecule has 4 N–H and O–H groups in total. The third kappa shape index (κ3) is 4.09. The van der Waals surface area contributed by atoms with Gasteiger partial charge in [0.2, 0.25) is 0 Å². The predicted octanol–water partition coefficient (Wildman–Crippen LogP) is -1.63. The van der Waals surface area contributed by atoms with Crippen molar-refractivity contribution in [3.05, 3.63) is 0 Å². The van der Waals surface area contributed by atoms with Crippen molar-refractivity contribution in [1.82, 2.24) is 0 Å². The molecule has 0 amide bonds. The fraction of sp³-hybridized carbons (Fsp3) is 1.00. The van der Waals surface area contributed by atoms with Crippen molar-refractivity contribution in [3.63, 3.8) is 0 Å². The van der Waals surface area contributed by atoms with Crippen molar-refractivity contribution in [1.29, 1.82) is 0 Å². The van der Waals surface area contributed by atoms with Gasteiger partial charge in [-0.2, -0.15) is 0 Å². The minimum Gasteiger partial charge on any atom is -0.394 e. The van der Waals surface area contributed by atoms with Gasteiger partial charge in [0.25, 0.3) is 0 Å². The Bertz CT molecular complexity index is 275. The molecule has 7 heteroatoms. The summed E-state index contributed by atoms with van der Waals surface area (Å²) in [5, 5.41) is 37.4. The predicted molar refractivity (Wildman–Crippen MR) is 63.3 cm³/mol. The monoisotopic (exact) mass is 278 g/mol. The SMILES string of the molecule is OC[C@H]1C[C@@H](O)C[C@@H](O[C@H]2CO[C@H](CO)[C@@H](O)C2)O1. The van der Waals surface area contributed by atoms with E-state index in [1.54, 1.807) is 0 Å². The number of hydrogen-bond acceptors (Lipinski definition) is 7. The van der Waals surface area contributed by atoms with Gasteiger partial charge in [0.1, 0.15) is 6.10 Å². The lowest BCUT2D eigenvalue weighted by atomic mass is 10.0. The van der Waals surface area contributed by atoms with Crippen LogP contribution in [0.2, 0.25) is 0 Å². The molecule has 0 aromatic carbocycles. The van der Waals surface area contributed by atoms with Crippen LogP contribution in [0, 0.1) is 0 Å². The lowest BCUT2D eigenvalue weighted by Crippen LogP contribution is -2.47. The summed E-state index contributed by atoms with van der Waals surface area (Å²) in [7, 11) is 0. The van der Waals surface area contributed by atoms with Crippen LogP contribution in [-0.4, -0.2) is 77.1 Å². The molecule has 2 saturated heterocycles. The van der Waals surface area contributed by atoms with Crippen LogP contribution < -0.4 is 0 Å². The second-order valence-corrected chi connectivity index (χ2v) is 5.11. The summed E-state index contributed by atoms with van der Waals surface area (Å²) in [6.45, 7) is -0.117. The highest BCUT2D eigenvalue weighted by atomic mass is 16.7. The molecule has 112 valence electrons. The highest BCUT2D eigenvalue weighted by Crippen LogP contribution is 2.24. The molecule has 7 nitrogen and oxygen atoms in total. The second kappa shape index (κ2) is 6.94.